The quantitative estimate of drug-likeness (QED) is 0.648. The van der Waals surface area contributed by atoms with Crippen molar-refractivity contribution in [1.82, 2.24) is 4.90 Å². The molecule has 0 aromatic carbocycles. The van der Waals surface area contributed by atoms with Crippen LogP contribution in [-0.2, 0) is 4.79 Å². The Morgan fingerprint density at radius 1 is 1.43 bits per heavy atom. The summed E-state index contributed by atoms with van der Waals surface area (Å²) in [6.45, 7) is 3.86. The lowest BCUT2D eigenvalue weighted by atomic mass is 10.00. The molecule has 1 aliphatic heterocycles. The molecule has 2 nitrogen and oxygen atoms in total. The first-order valence-corrected chi connectivity index (χ1v) is 6.05. The Balaban J connectivity index is 1.92. The Bertz CT molecular complexity index is 229. The molecule has 14 heavy (non-hydrogen) atoms. The predicted molar refractivity (Wildman–Crippen MR) is 57.4 cm³/mol. The van der Waals surface area contributed by atoms with Crippen molar-refractivity contribution >= 4 is 17.5 Å². The van der Waals surface area contributed by atoms with Crippen molar-refractivity contribution in [2.75, 3.05) is 13.1 Å². The van der Waals surface area contributed by atoms with Crippen molar-refractivity contribution in [3.05, 3.63) is 0 Å². The van der Waals surface area contributed by atoms with E-state index in [1.54, 1.807) is 0 Å². The standard InChI is InChI=1S/C11H18ClNO/c1-2-11(5-6-11)10(14)13-7-3-9(12)4-8-13/h9H,2-8H2,1H3. The Labute approximate surface area is 90.6 Å². The third-order valence-electron chi connectivity index (χ3n) is 3.70. The highest BCUT2D eigenvalue weighted by molar-refractivity contribution is 6.20. The van der Waals surface area contributed by atoms with E-state index >= 15 is 0 Å². The summed E-state index contributed by atoms with van der Waals surface area (Å²) in [7, 11) is 0. The van der Waals surface area contributed by atoms with Crippen LogP contribution in [0, 0.1) is 5.41 Å². The van der Waals surface area contributed by atoms with Crippen LogP contribution in [0.4, 0.5) is 0 Å². The number of piperidine rings is 1. The second-order valence-corrected chi connectivity index (χ2v) is 5.22. The number of halogens is 1. The van der Waals surface area contributed by atoms with Gasteiger partial charge in [-0.05, 0) is 32.1 Å². The molecule has 1 aliphatic carbocycles. The number of hydrogen-bond donors (Lipinski definition) is 0. The second-order valence-electron chi connectivity index (χ2n) is 4.60. The van der Waals surface area contributed by atoms with Gasteiger partial charge in [0.05, 0.1) is 0 Å². The topological polar surface area (TPSA) is 20.3 Å². The molecule has 1 amide bonds. The van der Waals surface area contributed by atoms with Gasteiger partial charge in [-0.3, -0.25) is 4.79 Å². The molecule has 2 aliphatic rings. The minimum Gasteiger partial charge on any atom is -0.342 e. The summed E-state index contributed by atoms with van der Waals surface area (Å²) in [5.74, 6) is 0.392. The number of carbonyl (C=O) groups excluding carboxylic acids is 1. The van der Waals surface area contributed by atoms with Crippen LogP contribution in [-0.4, -0.2) is 29.3 Å². The summed E-state index contributed by atoms with van der Waals surface area (Å²) >= 11 is 6.01. The second kappa shape index (κ2) is 3.73. The zero-order chi connectivity index (χ0) is 10.2. The number of nitrogens with zero attached hydrogens (tertiary/aromatic N) is 1. The summed E-state index contributed by atoms with van der Waals surface area (Å²) in [6, 6.07) is 0. The third kappa shape index (κ3) is 1.77. The van der Waals surface area contributed by atoms with E-state index in [4.69, 9.17) is 11.6 Å². The van der Waals surface area contributed by atoms with E-state index in [1.807, 2.05) is 4.90 Å². The average Bonchev–Trinajstić information content (AvgIpc) is 2.99. The maximum absolute atomic E-state index is 12.1. The van der Waals surface area contributed by atoms with E-state index in [-0.39, 0.29) is 10.8 Å². The Hall–Kier alpha value is -0.240. The van der Waals surface area contributed by atoms with Crippen molar-refractivity contribution in [1.29, 1.82) is 0 Å². The van der Waals surface area contributed by atoms with Crippen LogP contribution in [0.5, 0.6) is 0 Å². The molecule has 0 aromatic heterocycles. The number of alkyl halides is 1. The molecule has 0 spiro atoms. The summed E-state index contributed by atoms with van der Waals surface area (Å²) in [6.07, 6.45) is 5.14. The summed E-state index contributed by atoms with van der Waals surface area (Å²) in [5.41, 5.74) is 0.0408. The van der Waals surface area contributed by atoms with Gasteiger partial charge >= 0.3 is 0 Å². The summed E-state index contributed by atoms with van der Waals surface area (Å²) in [4.78, 5) is 14.1. The minimum absolute atomic E-state index is 0.0408. The van der Waals surface area contributed by atoms with Gasteiger partial charge in [0.15, 0.2) is 0 Å². The Kier molecular flexibility index (Phi) is 2.74. The molecule has 1 saturated heterocycles. The Morgan fingerprint density at radius 3 is 2.43 bits per heavy atom. The fraction of sp³-hybridized carbons (Fsp3) is 0.909. The molecule has 2 fully saturated rings. The molecule has 0 N–H and O–H groups in total. The molecule has 2 rings (SSSR count). The molecule has 1 saturated carbocycles. The maximum atomic E-state index is 12.1. The van der Waals surface area contributed by atoms with Crippen LogP contribution >= 0.6 is 11.6 Å². The number of likely N-dealkylation sites (tertiary alicyclic amines) is 1. The van der Waals surface area contributed by atoms with Gasteiger partial charge in [-0.15, -0.1) is 11.6 Å². The lowest BCUT2D eigenvalue weighted by molar-refractivity contribution is -0.138. The molecule has 0 aromatic rings. The van der Waals surface area contributed by atoms with Crippen molar-refractivity contribution in [2.45, 2.75) is 44.4 Å². The third-order valence-corrected chi connectivity index (χ3v) is 4.13. The Morgan fingerprint density at radius 2 is 2.00 bits per heavy atom. The molecular weight excluding hydrogens is 198 g/mol. The van der Waals surface area contributed by atoms with Gasteiger partial charge in [-0.2, -0.15) is 0 Å². The van der Waals surface area contributed by atoms with Gasteiger partial charge in [0.2, 0.25) is 5.91 Å². The normalized spacial score (nSPS) is 26.3. The number of rotatable bonds is 2. The monoisotopic (exact) mass is 215 g/mol. The highest BCUT2D eigenvalue weighted by Crippen LogP contribution is 2.50. The van der Waals surface area contributed by atoms with Gasteiger partial charge in [0.25, 0.3) is 0 Å². The fourth-order valence-corrected chi connectivity index (χ4v) is 2.45. The van der Waals surface area contributed by atoms with Crippen LogP contribution in [0.2, 0.25) is 0 Å². The fourth-order valence-electron chi connectivity index (χ4n) is 2.26. The molecule has 0 bridgehead atoms. The molecule has 0 unspecified atom stereocenters. The van der Waals surface area contributed by atoms with Gasteiger partial charge in [-0.25, -0.2) is 0 Å². The van der Waals surface area contributed by atoms with Crippen molar-refractivity contribution in [3.63, 3.8) is 0 Å². The van der Waals surface area contributed by atoms with E-state index in [0.29, 0.717) is 5.91 Å². The SMILES string of the molecule is CCC1(C(=O)N2CCC(Cl)CC2)CC1. The van der Waals surface area contributed by atoms with Crippen LogP contribution < -0.4 is 0 Å². The van der Waals surface area contributed by atoms with E-state index in [2.05, 4.69) is 6.92 Å². The first-order valence-electron chi connectivity index (χ1n) is 5.61. The summed E-state index contributed by atoms with van der Waals surface area (Å²) in [5, 5.41) is 0.288. The molecule has 3 heteroatoms. The lowest BCUT2D eigenvalue weighted by Crippen LogP contribution is -2.42. The lowest BCUT2D eigenvalue weighted by Gasteiger charge is -2.32. The van der Waals surface area contributed by atoms with Gasteiger partial charge in [0, 0.05) is 23.9 Å². The van der Waals surface area contributed by atoms with E-state index in [1.165, 1.54) is 0 Å². The van der Waals surface area contributed by atoms with E-state index in [0.717, 1.165) is 45.2 Å². The van der Waals surface area contributed by atoms with Gasteiger partial charge in [-0.1, -0.05) is 6.92 Å². The minimum atomic E-state index is 0.0408. The molecule has 0 atom stereocenters. The van der Waals surface area contributed by atoms with Crippen LogP contribution in [0.15, 0.2) is 0 Å². The smallest absolute Gasteiger partial charge is 0.228 e. The van der Waals surface area contributed by atoms with Crippen LogP contribution in [0.1, 0.15) is 39.0 Å². The predicted octanol–water partition coefficient (Wildman–Crippen LogP) is 2.41. The number of amides is 1. The molecule has 0 radical (unpaired) electrons. The van der Waals surface area contributed by atoms with Crippen LogP contribution in [0.3, 0.4) is 0 Å². The highest BCUT2D eigenvalue weighted by atomic mass is 35.5. The van der Waals surface area contributed by atoms with Crippen LogP contribution in [0.25, 0.3) is 0 Å². The number of carbonyl (C=O) groups is 1. The van der Waals surface area contributed by atoms with E-state index < -0.39 is 0 Å². The first-order chi connectivity index (χ1) is 6.68. The van der Waals surface area contributed by atoms with Gasteiger partial charge < -0.3 is 4.90 Å². The van der Waals surface area contributed by atoms with Crippen molar-refractivity contribution in [3.8, 4) is 0 Å². The zero-order valence-corrected chi connectivity index (χ0v) is 9.52. The average molecular weight is 216 g/mol. The van der Waals surface area contributed by atoms with E-state index in [9.17, 15) is 4.79 Å². The molecule has 80 valence electrons. The first kappa shape index (κ1) is 10.3. The molecule has 1 heterocycles. The molecular formula is C11H18ClNO. The number of hydrogen-bond acceptors (Lipinski definition) is 1. The zero-order valence-electron chi connectivity index (χ0n) is 8.76. The highest BCUT2D eigenvalue weighted by Gasteiger charge is 2.50. The largest absolute Gasteiger partial charge is 0.342 e. The van der Waals surface area contributed by atoms with Crippen molar-refractivity contribution in [2.24, 2.45) is 5.41 Å². The van der Waals surface area contributed by atoms with Gasteiger partial charge in [0.1, 0.15) is 0 Å². The maximum Gasteiger partial charge on any atom is 0.228 e. The van der Waals surface area contributed by atoms with Crippen molar-refractivity contribution < 1.29 is 4.79 Å². The summed E-state index contributed by atoms with van der Waals surface area (Å²) < 4.78 is 0.